The summed E-state index contributed by atoms with van der Waals surface area (Å²) in [7, 11) is 0. The molecular weight excluding hydrogens is 375 g/mol. The summed E-state index contributed by atoms with van der Waals surface area (Å²) in [5, 5.41) is 6.18. The molecule has 1 N–H and O–H groups in total. The van der Waals surface area contributed by atoms with E-state index in [1.807, 2.05) is 6.92 Å². The van der Waals surface area contributed by atoms with Crippen molar-refractivity contribution in [3.63, 3.8) is 0 Å². The Hall–Kier alpha value is -1.83. The maximum atomic E-state index is 13.3. The summed E-state index contributed by atoms with van der Waals surface area (Å²) in [6.07, 6.45) is -3.72. The molecule has 8 heteroatoms. The van der Waals surface area contributed by atoms with Gasteiger partial charge in [0.15, 0.2) is 5.69 Å². The Kier molecular flexibility index (Phi) is 4.84. The zero-order valence-corrected chi connectivity index (χ0v) is 14.3. The molecule has 0 unspecified atom stereocenters. The Labute approximate surface area is 139 Å². The van der Waals surface area contributed by atoms with Crippen LogP contribution in [-0.2, 0) is 6.18 Å². The molecule has 1 heterocycles. The predicted molar refractivity (Wildman–Crippen MR) is 84.4 cm³/mol. The van der Waals surface area contributed by atoms with E-state index in [1.165, 1.54) is 0 Å². The topological polar surface area (TPSA) is 46.9 Å². The maximum Gasteiger partial charge on any atom is 0.433 e. The molecule has 0 aliphatic heterocycles. The molecule has 0 bridgehead atoms. The molecular formula is C15H15BrF3N3O. The van der Waals surface area contributed by atoms with Crippen LogP contribution in [0.2, 0.25) is 0 Å². The Bertz CT molecular complexity index is 738. The van der Waals surface area contributed by atoms with E-state index in [1.54, 1.807) is 32.0 Å². The lowest BCUT2D eigenvalue weighted by molar-refractivity contribution is -0.145. The van der Waals surface area contributed by atoms with E-state index in [0.717, 1.165) is 20.9 Å². The molecule has 0 saturated heterocycles. The molecule has 2 aromatic rings. The van der Waals surface area contributed by atoms with Crippen LogP contribution < -0.4 is 5.32 Å². The lowest BCUT2D eigenvalue weighted by Gasteiger charge is -2.15. The number of nitrogens with zero attached hydrogens (tertiary/aromatic N) is 2. The molecule has 2 rings (SSSR count). The van der Waals surface area contributed by atoms with Crippen LogP contribution in [0.4, 0.5) is 18.9 Å². The van der Waals surface area contributed by atoms with Crippen molar-refractivity contribution in [1.82, 2.24) is 9.78 Å². The number of hydrogen-bond acceptors (Lipinski definition) is 2. The number of benzene rings is 1. The summed E-state index contributed by atoms with van der Waals surface area (Å²) in [5.41, 5.74) is -0.261. The van der Waals surface area contributed by atoms with Gasteiger partial charge in [0.2, 0.25) is 0 Å². The first-order valence-electron chi connectivity index (χ1n) is 6.83. The summed E-state index contributed by atoms with van der Waals surface area (Å²) < 4.78 is 41.5. The van der Waals surface area contributed by atoms with Gasteiger partial charge in [-0.25, -0.2) is 0 Å². The highest BCUT2D eigenvalue weighted by Crippen LogP contribution is 2.34. The van der Waals surface area contributed by atoms with E-state index in [-0.39, 0.29) is 0 Å². The van der Waals surface area contributed by atoms with Gasteiger partial charge in [-0.3, -0.25) is 9.48 Å². The van der Waals surface area contributed by atoms with Crippen molar-refractivity contribution in [2.75, 3.05) is 5.32 Å². The van der Waals surface area contributed by atoms with Crippen LogP contribution in [0.5, 0.6) is 0 Å². The third-order valence-corrected chi connectivity index (χ3v) is 4.10. The first-order valence-corrected chi connectivity index (χ1v) is 7.62. The summed E-state index contributed by atoms with van der Waals surface area (Å²) in [4.78, 5) is 12.2. The van der Waals surface area contributed by atoms with Gasteiger partial charge in [0.25, 0.3) is 5.91 Å². The SMILES string of the molecule is Cc1cc(NC(=O)c2cnn(C(C)C)c2C(F)(F)F)ccc1Br. The highest BCUT2D eigenvalue weighted by Gasteiger charge is 2.40. The second kappa shape index (κ2) is 6.35. The molecule has 1 aromatic carbocycles. The number of aryl methyl sites for hydroxylation is 1. The molecule has 0 atom stereocenters. The molecule has 1 aromatic heterocycles. The smallest absolute Gasteiger partial charge is 0.322 e. The van der Waals surface area contributed by atoms with Gasteiger partial charge in [-0.15, -0.1) is 0 Å². The summed E-state index contributed by atoms with van der Waals surface area (Å²) in [6.45, 7) is 4.96. The third kappa shape index (κ3) is 3.74. The van der Waals surface area contributed by atoms with E-state index in [4.69, 9.17) is 0 Å². The number of rotatable bonds is 3. The summed E-state index contributed by atoms with van der Waals surface area (Å²) >= 11 is 3.32. The van der Waals surface area contributed by atoms with Gasteiger partial charge in [0.1, 0.15) is 0 Å². The van der Waals surface area contributed by atoms with E-state index in [9.17, 15) is 18.0 Å². The second-order valence-corrected chi connectivity index (χ2v) is 6.22. The normalized spacial score (nSPS) is 11.8. The van der Waals surface area contributed by atoms with Crippen LogP contribution in [0.3, 0.4) is 0 Å². The van der Waals surface area contributed by atoms with Crippen molar-refractivity contribution >= 4 is 27.5 Å². The molecule has 1 amide bonds. The van der Waals surface area contributed by atoms with Gasteiger partial charge in [-0.05, 0) is 44.5 Å². The van der Waals surface area contributed by atoms with E-state index < -0.39 is 29.4 Å². The first kappa shape index (κ1) is 17.5. The number of anilines is 1. The molecule has 0 aliphatic carbocycles. The molecule has 4 nitrogen and oxygen atoms in total. The summed E-state index contributed by atoms with van der Waals surface area (Å²) in [6, 6.07) is 4.48. The van der Waals surface area contributed by atoms with Crippen LogP contribution in [0.15, 0.2) is 28.9 Å². The fraction of sp³-hybridized carbons (Fsp3) is 0.333. The fourth-order valence-corrected chi connectivity index (χ4v) is 2.37. The van der Waals surface area contributed by atoms with Crippen molar-refractivity contribution in [3.05, 3.63) is 45.7 Å². The monoisotopic (exact) mass is 389 g/mol. The Morgan fingerprint density at radius 1 is 1.35 bits per heavy atom. The Morgan fingerprint density at radius 2 is 2.00 bits per heavy atom. The second-order valence-electron chi connectivity index (χ2n) is 5.36. The standard InChI is InChI=1S/C15H15BrF3N3O/c1-8(2)22-13(15(17,18)19)11(7-20-22)14(23)21-10-4-5-12(16)9(3)6-10/h4-8H,1-3H3,(H,21,23). The molecule has 124 valence electrons. The first-order chi connectivity index (χ1) is 10.6. The van der Waals surface area contributed by atoms with Crippen molar-refractivity contribution < 1.29 is 18.0 Å². The number of halogens is 4. The molecule has 0 saturated carbocycles. The number of aromatic nitrogens is 2. The van der Waals surface area contributed by atoms with E-state index in [2.05, 4.69) is 26.3 Å². The molecule has 0 radical (unpaired) electrons. The van der Waals surface area contributed by atoms with Crippen molar-refractivity contribution in [3.8, 4) is 0 Å². The van der Waals surface area contributed by atoms with Gasteiger partial charge in [0.05, 0.1) is 11.8 Å². The van der Waals surface area contributed by atoms with Gasteiger partial charge < -0.3 is 5.32 Å². The number of nitrogens with one attached hydrogen (secondary N) is 1. The van der Waals surface area contributed by atoms with Gasteiger partial charge in [-0.2, -0.15) is 18.3 Å². The molecule has 0 spiro atoms. The molecule has 0 fully saturated rings. The van der Waals surface area contributed by atoms with Crippen molar-refractivity contribution in [2.24, 2.45) is 0 Å². The zero-order valence-electron chi connectivity index (χ0n) is 12.7. The number of carbonyl (C=O) groups excluding carboxylic acids is 1. The van der Waals surface area contributed by atoms with Crippen LogP contribution >= 0.6 is 15.9 Å². The van der Waals surface area contributed by atoms with Crippen molar-refractivity contribution in [2.45, 2.75) is 33.0 Å². The predicted octanol–water partition coefficient (Wildman–Crippen LogP) is 4.81. The zero-order chi connectivity index (χ0) is 17.4. The average Bonchev–Trinajstić information content (AvgIpc) is 2.88. The lowest BCUT2D eigenvalue weighted by atomic mass is 10.2. The number of alkyl halides is 3. The van der Waals surface area contributed by atoms with E-state index >= 15 is 0 Å². The highest BCUT2D eigenvalue weighted by atomic mass is 79.9. The minimum atomic E-state index is -4.66. The molecule has 0 aliphatic rings. The fourth-order valence-electron chi connectivity index (χ4n) is 2.12. The van der Waals surface area contributed by atoms with E-state index in [0.29, 0.717) is 5.69 Å². The number of carbonyl (C=O) groups is 1. The van der Waals surface area contributed by atoms with Gasteiger partial charge in [-0.1, -0.05) is 15.9 Å². The van der Waals surface area contributed by atoms with Gasteiger partial charge in [0, 0.05) is 16.2 Å². The van der Waals surface area contributed by atoms with Crippen LogP contribution in [-0.4, -0.2) is 15.7 Å². The summed E-state index contributed by atoms with van der Waals surface area (Å²) in [5.74, 6) is -0.842. The maximum absolute atomic E-state index is 13.3. The highest BCUT2D eigenvalue weighted by molar-refractivity contribution is 9.10. The van der Waals surface area contributed by atoms with Gasteiger partial charge >= 0.3 is 6.18 Å². The minimum Gasteiger partial charge on any atom is -0.322 e. The largest absolute Gasteiger partial charge is 0.433 e. The van der Waals surface area contributed by atoms with Crippen LogP contribution in [0.25, 0.3) is 0 Å². The third-order valence-electron chi connectivity index (χ3n) is 3.21. The lowest BCUT2D eigenvalue weighted by Crippen LogP contribution is -2.22. The van der Waals surface area contributed by atoms with Crippen LogP contribution in [0, 0.1) is 6.92 Å². The Morgan fingerprint density at radius 3 is 2.52 bits per heavy atom. The Balaban J connectivity index is 2.38. The minimum absolute atomic E-state index is 0.418. The number of amides is 1. The number of hydrogen-bond donors (Lipinski definition) is 1. The van der Waals surface area contributed by atoms with Crippen LogP contribution in [0.1, 0.15) is 41.5 Å². The quantitative estimate of drug-likeness (QED) is 0.818. The molecule has 23 heavy (non-hydrogen) atoms. The average molecular weight is 390 g/mol. The van der Waals surface area contributed by atoms with Crippen molar-refractivity contribution in [1.29, 1.82) is 0 Å².